The molecule has 6 heteroatoms. The van der Waals surface area contributed by atoms with Crippen LogP contribution in [0.2, 0.25) is 0 Å². The van der Waals surface area contributed by atoms with Gasteiger partial charge in [-0.3, -0.25) is 4.79 Å². The monoisotopic (exact) mass is 354 g/mol. The molecule has 0 radical (unpaired) electrons. The Hall–Kier alpha value is -1.27. The summed E-state index contributed by atoms with van der Waals surface area (Å²) < 4.78 is 11.8. The zero-order valence-electron chi connectivity index (χ0n) is 11.7. The van der Waals surface area contributed by atoms with E-state index in [0.29, 0.717) is 30.4 Å². The topological polar surface area (TPSA) is 73.6 Å². The van der Waals surface area contributed by atoms with Gasteiger partial charge in [0.15, 0.2) is 11.5 Å². The van der Waals surface area contributed by atoms with Crippen molar-refractivity contribution in [3.05, 3.63) is 16.6 Å². The number of carbonyl (C=O) groups excluding carboxylic acids is 1. The molecule has 2 atom stereocenters. The van der Waals surface area contributed by atoms with Crippen LogP contribution in [0.5, 0.6) is 11.5 Å². The lowest BCUT2D eigenvalue weighted by Gasteiger charge is -2.28. The van der Waals surface area contributed by atoms with E-state index >= 15 is 0 Å². The molecule has 1 fully saturated rings. The fraction of sp³-hybridized carbons (Fsp3) is 0.533. The first kappa shape index (κ1) is 14.7. The van der Waals surface area contributed by atoms with Crippen molar-refractivity contribution in [2.75, 3.05) is 18.5 Å². The number of carbonyl (C=O) groups is 1. The van der Waals surface area contributed by atoms with Crippen molar-refractivity contribution < 1.29 is 14.3 Å². The zero-order valence-corrected chi connectivity index (χ0v) is 13.3. The van der Waals surface area contributed by atoms with E-state index < -0.39 is 0 Å². The van der Waals surface area contributed by atoms with Crippen molar-refractivity contribution in [2.24, 2.45) is 11.7 Å². The first-order valence-corrected chi connectivity index (χ1v) is 8.10. The van der Waals surface area contributed by atoms with Crippen LogP contribution in [0.3, 0.4) is 0 Å². The van der Waals surface area contributed by atoms with Crippen LogP contribution in [0, 0.1) is 5.92 Å². The summed E-state index contributed by atoms with van der Waals surface area (Å²) in [6.45, 7) is 1.07. The first-order valence-electron chi connectivity index (χ1n) is 7.31. The summed E-state index contributed by atoms with van der Waals surface area (Å²) in [5.74, 6) is 1.23. The number of nitrogens with one attached hydrogen (secondary N) is 1. The maximum Gasteiger partial charge on any atom is 0.229 e. The molecular weight excluding hydrogens is 336 g/mol. The van der Waals surface area contributed by atoms with Gasteiger partial charge in [0.05, 0.1) is 11.6 Å². The number of fused-ring (bicyclic) bond motifs is 1. The van der Waals surface area contributed by atoms with E-state index in [2.05, 4.69) is 21.2 Å². The van der Waals surface area contributed by atoms with Crippen LogP contribution < -0.4 is 20.5 Å². The Labute approximate surface area is 132 Å². The van der Waals surface area contributed by atoms with Gasteiger partial charge >= 0.3 is 0 Å². The predicted octanol–water partition coefficient (Wildman–Crippen LogP) is 2.68. The molecule has 5 nitrogen and oxygen atoms in total. The highest BCUT2D eigenvalue weighted by atomic mass is 79.9. The minimum Gasteiger partial charge on any atom is -0.486 e. The Morgan fingerprint density at radius 3 is 2.57 bits per heavy atom. The van der Waals surface area contributed by atoms with E-state index in [1.54, 1.807) is 6.07 Å². The van der Waals surface area contributed by atoms with E-state index in [1.807, 2.05) is 6.07 Å². The van der Waals surface area contributed by atoms with Crippen LogP contribution in [0.1, 0.15) is 25.7 Å². The second-order valence-corrected chi connectivity index (χ2v) is 6.37. The molecule has 0 aromatic heterocycles. The van der Waals surface area contributed by atoms with Crippen LogP contribution in [0.25, 0.3) is 0 Å². The highest BCUT2D eigenvalue weighted by molar-refractivity contribution is 9.10. The van der Waals surface area contributed by atoms with Crippen LogP contribution in [0.4, 0.5) is 5.69 Å². The van der Waals surface area contributed by atoms with E-state index in [4.69, 9.17) is 15.2 Å². The van der Waals surface area contributed by atoms with Gasteiger partial charge < -0.3 is 20.5 Å². The van der Waals surface area contributed by atoms with Crippen molar-refractivity contribution in [1.82, 2.24) is 0 Å². The van der Waals surface area contributed by atoms with Gasteiger partial charge in [-0.15, -0.1) is 0 Å². The normalized spacial score (nSPS) is 24.5. The Morgan fingerprint density at radius 2 is 1.86 bits per heavy atom. The molecule has 0 spiro atoms. The summed E-state index contributed by atoms with van der Waals surface area (Å²) in [5.41, 5.74) is 6.76. The molecule has 1 amide bonds. The maximum atomic E-state index is 12.4. The van der Waals surface area contributed by atoms with Crippen molar-refractivity contribution in [3.8, 4) is 11.5 Å². The SMILES string of the molecule is NC1CCCCC1C(=O)Nc1cc2c(cc1Br)OCCO2. The molecule has 1 aliphatic carbocycles. The Bertz CT molecular complexity index is 550. The van der Waals surface area contributed by atoms with Crippen molar-refractivity contribution in [3.63, 3.8) is 0 Å². The summed E-state index contributed by atoms with van der Waals surface area (Å²) in [6, 6.07) is 3.57. The molecule has 21 heavy (non-hydrogen) atoms. The zero-order chi connectivity index (χ0) is 14.8. The van der Waals surface area contributed by atoms with Gasteiger partial charge in [0.25, 0.3) is 0 Å². The fourth-order valence-corrected chi connectivity index (χ4v) is 3.29. The summed E-state index contributed by atoms with van der Waals surface area (Å²) in [5, 5.41) is 2.96. The first-order chi connectivity index (χ1) is 10.1. The molecule has 0 saturated heterocycles. The number of amides is 1. The molecule has 3 rings (SSSR count). The van der Waals surface area contributed by atoms with E-state index in [9.17, 15) is 4.79 Å². The molecule has 1 heterocycles. The van der Waals surface area contributed by atoms with Gasteiger partial charge in [-0.25, -0.2) is 0 Å². The van der Waals surface area contributed by atoms with Crippen LogP contribution >= 0.6 is 15.9 Å². The number of rotatable bonds is 2. The molecule has 2 unspecified atom stereocenters. The minimum atomic E-state index is -0.112. The lowest BCUT2D eigenvalue weighted by Crippen LogP contribution is -2.40. The molecule has 0 bridgehead atoms. The van der Waals surface area contributed by atoms with Gasteiger partial charge in [0.2, 0.25) is 5.91 Å². The molecule has 2 aliphatic rings. The number of hydrogen-bond acceptors (Lipinski definition) is 4. The van der Waals surface area contributed by atoms with Gasteiger partial charge in [0.1, 0.15) is 13.2 Å². The number of nitrogens with two attached hydrogens (primary N) is 1. The van der Waals surface area contributed by atoms with Gasteiger partial charge in [0, 0.05) is 22.6 Å². The molecular formula is C15H19BrN2O3. The summed E-state index contributed by atoms with van der Waals surface area (Å²) >= 11 is 3.46. The largest absolute Gasteiger partial charge is 0.486 e. The molecule has 1 aromatic rings. The van der Waals surface area contributed by atoms with Gasteiger partial charge in [-0.05, 0) is 28.8 Å². The Morgan fingerprint density at radius 1 is 1.19 bits per heavy atom. The number of halogens is 1. The molecule has 1 aliphatic heterocycles. The standard InChI is InChI=1S/C15H19BrN2O3/c16-10-7-13-14(21-6-5-20-13)8-12(10)18-15(19)9-3-1-2-4-11(9)17/h7-9,11H,1-6,17H2,(H,18,19). The van der Waals surface area contributed by atoms with Crippen LogP contribution in [-0.2, 0) is 4.79 Å². The fourth-order valence-electron chi connectivity index (χ4n) is 2.87. The van der Waals surface area contributed by atoms with E-state index in [-0.39, 0.29) is 17.9 Å². The highest BCUT2D eigenvalue weighted by Gasteiger charge is 2.29. The third-order valence-electron chi connectivity index (χ3n) is 4.05. The third-order valence-corrected chi connectivity index (χ3v) is 4.70. The quantitative estimate of drug-likeness (QED) is 0.856. The number of ether oxygens (including phenoxy) is 2. The lowest BCUT2D eigenvalue weighted by molar-refractivity contribution is -0.121. The van der Waals surface area contributed by atoms with Crippen LogP contribution in [-0.4, -0.2) is 25.2 Å². The Kier molecular flexibility index (Phi) is 4.35. The summed E-state index contributed by atoms with van der Waals surface area (Å²) in [7, 11) is 0. The van der Waals surface area contributed by atoms with Crippen LogP contribution in [0.15, 0.2) is 16.6 Å². The number of anilines is 1. The third kappa shape index (κ3) is 3.16. The van der Waals surface area contributed by atoms with E-state index in [1.165, 1.54) is 0 Å². The summed E-state index contributed by atoms with van der Waals surface area (Å²) in [4.78, 5) is 12.4. The van der Waals surface area contributed by atoms with E-state index in [0.717, 1.165) is 30.2 Å². The smallest absolute Gasteiger partial charge is 0.229 e. The molecule has 1 saturated carbocycles. The average molecular weight is 355 g/mol. The van der Waals surface area contributed by atoms with Crippen molar-refractivity contribution in [2.45, 2.75) is 31.7 Å². The summed E-state index contributed by atoms with van der Waals surface area (Å²) in [6.07, 6.45) is 3.95. The van der Waals surface area contributed by atoms with Gasteiger partial charge in [-0.2, -0.15) is 0 Å². The average Bonchev–Trinajstić information content (AvgIpc) is 2.48. The van der Waals surface area contributed by atoms with Gasteiger partial charge in [-0.1, -0.05) is 12.8 Å². The number of hydrogen-bond donors (Lipinski definition) is 2. The predicted molar refractivity (Wildman–Crippen MR) is 83.7 cm³/mol. The highest BCUT2D eigenvalue weighted by Crippen LogP contribution is 2.38. The molecule has 1 aromatic carbocycles. The second kappa shape index (κ2) is 6.23. The minimum absolute atomic E-state index is 0.0143. The lowest BCUT2D eigenvalue weighted by atomic mass is 9.84. The van der Waals surface area contributed by atoms with Crippen molar-refractivity contribution in [1.29, 1.82) is 0 Å². The maximum absolute atomic E-state index is 12.4. The second-order valence-electron chi connectivity index (χ2n) is 5.52. The Balaban J connectivity index is 1.76. The molecule has 114 valence electrons. The number of benzene rings is 1. The van der Waals surface area contributed by atoms with Crippen molar-refractivity contribution >= 4 is 27.5 Å². The molecule has 3 N–H and O–H groups in total.